The highest BCUT2D eigenvalue weighted by Crippen LogP contribution is 2.44. The number of carbonyl (C=O) groups excluding carboxylic acids is 2. The number of hydrogen-bond donors (Lipinski definition) is 2. The topological polar surface area (TPSA) is 95.9 Å². The van der Waals surface area contributed by atoms with E-state index < -0.39 is 29.6 Å². The highest BCUT2D eigenvalue weighted by molar-refractivity contribution is 5.91. The molecule has 2 N–H and O–H groups in total. The van der Waals surface area contributed by atoms with Crippen molar-refractivity contribution in [2.24, 2.45) is 10.8 Å². The van der Waals surface area contributed by atoms with Crippen LogP contribution in [-0.4, -0.2) is 53.2 Å². The molecule has 35 heavy (non-hydrogen) atoms. The first-order chi connectivity index (χ1) is 16.4. The number of carbonyl (C=O) groups is 3. The number of nitrogens with one attached hydrogen (secondary N) is 1. The van der Waals surface area contributed by atoms with E-state index in [4.69, 9.17) is 4.74 Å². The van der Waals surface area contributed by atoms with Crippen LogP contribution in [0, 0.1) is 10.8 Å². The zero-order valence-corrected chi connectivity index (χ0v) is 21.0. The summed E-state index contributed by atoms with van der Waals surface area (Å²) < 4.78 is 5.64. The molecule has 1 heterocycles. The first-order valence-electron chi connectivity index (χ1n) is 12.0. The Morgan fingerprint density at radius 1 is 1.06 bits per heavy atom. The molecular weight excluding hydrogens is 444 g/mol. The number of fused-ring (bicyclic) bond motifs is 3. The van der Waals surface area contributed by atoms with Crippen LogP contribution in [0.1, 0.15) is 58.1 Å². The van der Waals surface area contributed by atoms with E-state index in [2.05, 4.69) is 17.4 Å². The van der Waals surface area contributed by atoms with Crippen LogP contribution in [0.3, 0.4) is 0 Å². The molecule has 1 saturated heterocycles. The summed E-state index contributed by atoms with van der Waals surface area (Å²) in [6.07, 6.45) is -0.319. The summed E-state index contributed by atoms with van der Waals surface area (Å²) in [6, 6.07) is 14.4. The van der Waals surface area contributed by atoms with Gasteiger partial charge in [-0.05, 0) is 34.1 Å². The standard InChI is InChI=1S/C28H34N2O5/c1-27(2,3)14-22(24(31)30-16-28(4,5)23(30)25(32)33)29-26(34)35-15-21-19-12-8-6-10-17(19)18-11-7-9-13-20(18)21/h6-13,21-23H,14-16H2,1-5H3,(H,29,34)(H,32,33). The van der Waals surface area contributed by atoms with Crippen LogP contribution in [0.2, 0.25) is 0 Å². The maximum atomic E-state index is 13.3. The van der Waals surface area contributed by atoms with Crippen molar-refractivity contribution in [2.75, 3.05) is 13.2 Å². The molecule has 1 fully saturated rings. The van der Waals surface area contributed by atoms with Crippen molar-refractivity contribution in [3.8, 4) is 11.1 Å². The monoisotopic (exact) mass is 478 g/mol. The molecule has 2 aliphatic rings. The molecule has 0 aromatic heterocycles. The lowest BCUT2D eigenvalue weighted by atomic mass is 9.74. The van der Waals surface area contributed by atoms with E-state index in [1.54, 1.807) is 0 Å². The van der Waals surface area contributed by atoms with Crippen molar-refractivity contribution in [3.05, 3.63) is 59.7 Å². The Kier molecular flexibility index (Phi) is 6.38. The summed E-state index contributed by atoms with van der Waals surface area (Å²) in [5.41, 5.74) is 3.70. The van der Waals surface area contributed by atoms with Gasteiger partial charge in [-0.15, -0.1) is 0 Å². The van der Waals surface area contributed by atoms with Crippen LogP contribution in [0.5, 0.6) is 0 Å². The third-order valence-corrected chi connectivity index (χ3v) is 6.90. The summed E-state index contributed by atoms with van der Waals surface area (Å²) in [4.78, 5) is 39.3. The van der Waals surface area contributed by atoms with Crippen LogP contribution in [0.4, 0.5) is 4.79 Å². The van der Waals surface area contributed by atoms with Gasteiger partial charge in [-0.25, -0.2) is 9.59 Å². The van der Waals surface area contributed by atoms with Gasteiger partial charge in [0.05, 0.1) is 0 Å². The van der Waals surface area contributed by atoms with Crippen molar-refractivity contribution in [3.63, 3.8) is 0 Å². The van der Waals surface area contributed by atoms with Crippen LogP contribution < -0.4 is 5.32 Å². The number of aliphatic carboxylic acids is 1. The Bertz CT molecular complexity index is 1100. The number of likely N-dealkylation sites (tertiary alicyclic amines) is 1. The van der Waals surface area contributed by atoms with Gasteiger partial charge in [-0.1, -0.05) is 83.1 Å². The second kappa shape index (κ2) is 9.02. The zero-order valence-electron chi connectivity index (χ0n) is 21.0. The minimum Gasteiger partial charge on any atom is -0.480 e. The molecule has 0 saturated carbocycles. The van der Waals surface area contributed by atoms with Crippen molar-refractivity contribution in [2.45, 2.75) is 59.0 Å². The average Bonchev–Trinajstić information content (AvgIpc) is 3.08. The van der Waals surface area contributed by atoms with E-state index in [1.807, 2.05) is 71.0 Å². The average molecular weight is 479 g/mol. The van der Waals surface area contributed by atoms with Gasteiger partial charge in [-0.3, -0.25) is 4.79 Å². The molecule has 1 aliphatic carbocycles. The second-order valence-electron chi connectivity index (χ2n) is 11.5. The summed E-state index contributed by atoms with van der Waals surface area (Å²) in [5, 5.41) is 12.4. The molecule has 2 atom stereocenters. The van der Waals surface area contributed by atoms with E-state index in [1.165, 1.54) is 4.90 Å². The molecule has 0 bridgehead atoms. The number of carboxylic acids is 1. The Labute approximate surface area is 206 Å². The van der Waals surface area contributed by atoms with Gasteiger partial charge in [-0.2, -0.15) is 0 Å². The van der Waals surface area contributed by atoms with Crippen LogP contribution in [-0.2, 0) is 14.3 Å². The van der Waals surface area contributed by atoms with E-state index in [-0.39, 0.29) is 23.8 Å². The maximum absolute atomic E-state index is 13.3. The summed E-state index contributed by atoms with van der Waals surface area (Å²) >= 11 is 0. The van der Waals surface area contributed by atoms with E-state index in [0.717, 1.165) is 22.3 Å². The molecule has 4 rings (SSSR count). The second-order valence-corrected chi connectivity index (χ2v) is 11.5. The number of amides is 2. The predicted molar refractivity (Wildman–Crippen MR) is 133 cm³/mol. The lowest BCUT2D eigenvalue weighted by Gasteiger charge is -2.52. The van der Waals surface area contributed by atoms with Gasteiger partial charge < -0.3 is 20.1 Å². The van der Waals surface area contributed by atoms with Crippen LogP contribution >= 0.6 is 0 Å². The number of alkyl carbamates (subject to hydrolysis) is 1. The number of ether oxygens (including phenoxy) is 1. The molecule has 0 spiro atoms. The van der Waals surface area contributed by atoms with Gasteiger partial charge in [0, 0.05) is 17.9 Å². The first-order valence-corrected chi connectivity index (χ1v) is 12.0. The Balaban J connectivity index is 1.47. The largest absolute Gasteiger partial charge is 0.480 e. The molecule has 2 aromatic carbocycles. The van der Waals surface area contributed by atoms with Gasteiger partial charge >= 0.3 is 12.1 Å². The number of carboxylic acid groups (broad SMARTS) is 1. The number of rotatable bonds is 6. The normalized spacial score (nSPS) is 19.2. The van der Waals surface area contributed by atoms with Crippen LogP contribution in [0.15, 0.2) is 48.5 Å². The highest BCUT2D eigenvalue weighted by Gasteiger charge is 2.54. The van der Waals surface area contributed by atoms with Gasteiger partial charge in [0.25, 0.3) is 0 Å². The van der Waals surface area contributed by atoms with E-state index in [9.17, 15) is 19.5 Å². The highest BCUT2D eigenvalue weighted by atomic mass is 16.5. The molecule has 0 radical (unpaired) electrons. The van der Waals surface area contributed by atoms with Gasteiger partial charge in [0.15, 0.2) is 0 Å². The van der Waals surface area contributed by atoms with Crippen molar-refractivity contribution in [1.29, 1.82) is 0 Å². The predicted octanol–water partition coefficient (Wildman–Crippen LogP) is 4.65. The third-order valence-electron chi connectivity index (χ3n) is 6.90. The van der Waals surface area contributed by atoms with Crippen molar-refractivity contribution >= 4 is 18.0 Å². The van der Waals surface area contributed by atoms with E-state index >= 15 is 0 Å². The molecule has 186 valence electrons. The first kappa shape index (κ1) is 24.8. The fourth-order valence-electron chi connectivity index (χ4n) is 5.39. The minimum atomic E-state index is -1.04. The summed E-state index contributed by atoms with van der Waals surface area (Å²) in [6.45, 7) is 10.0. The lowest BCUT2D eigenvalue weighted by molar-refractivity contribution is -0.173. The molecule has 1 aliphatic heterocycles. The molecule has 2 unspecified atom stereocenters. The molecule has 7 heteroatoms. The molecule has 7 nitrogen and oxygen atoms in total. The smallest absolute Gasteiger partial charge is 0.407 e. The fraction of sp³-hybridized carbons (Fsp3) is 0.464. The Morgan fingerprint density at radius 3 is 2.09 bits per heavy atom. The number of nitrogens with zero attached hydrogens (tertiary/aromatic N) is 1. The quantitative estimate of drug-likeness (QED) is 0.630. The maximum Gasteiger partial charge on any atom is 0.407 e. The van der Waals surface area contributed by atoms with Gasteiger partial charge in [0.2, 0.25) is 5.91 Å². The molecule has 2 aromatic rings. The minimum absolute atomic E-state index is 0.0857. The molecule has 2 amide bonds. The van der Waals surface area contributed by atoms with Crippen LogP contribution in [0.25, 0.3) is 11.1 Å². The Hall–Kier alpha value is -3.35. The van der Waals surface area contributed by atoms with Crippen molar-refractivity contribution < 1.29 is 24.2 Å². The lowest BCUT2D eigenvalue weighted by Crippen LogP contribution is -2.69. The number of benzene rings is 2. The molecular formula is C28H34N2O5. The van der Waals surface area contributed by atoms with Gasteiger partial charge in [0.1, 0.15) is 18.7 Å². The Morgan fingerprint density at radius 2 is 1.60 bits per heavy atom. The van der Waals surface area contributed by atoms with Crippen molar-refractivity contribution in [1.82, 2.24) is 10.2 Å². The zero-order chi connectivity index (χ0) is 25.5. The number of hydrogen-bond acceptors (Lipinski definition) is 4. The van der Waals surface area contributed by atoms with E-state index in [0.29, 0.717) is 13.0 Å². The fourth-order valence-corrected chi connectivity index (χ4v) is 5.39. The third kappa shape index (κ3) is 4.90. The summed E-state index contributed by atoms with van der Waals surface area (Å²) in [5.74, 6) is -1.51. The summed E-state index contributed by atoms with van der Waals surface area (Å²) in [7, 11) is 0. The SMILES string of the molecule is CC(C)(C)CC(NC(=O)OCC1c2ccccc2-c2ccccc21)C(=O)N1CC(C)(C)C1C(=O)O.